The minimum atomic E-state index is 0.357. The quantitative estimate of drug-likeness (QED) is 0.740. The van der Waals surface area contributed by atoms with Crippen molar-refractivity contribution in [3.63, 3.8) is 0 Å². The Morgan fingerprint density at radius 1 is 1.24 bits per heavy atom. The summed E-state index contributed by atoms with van der Waals surface area (Å²) in [6.45, 7) is 13.9. The molecule has 1 unspecified atom stereocenters. The molecule has 2 N–H and O–H groups in total. The average Bonchev–Trinajstić information content (AvgIpc) is 2.92. The summed E-state index contributed by atoms with van der Waals surface area (Å²) in [5.41, 5.74) is 6.59. The molecule has 17 heavy (non-hydrogen) atoms. The second-order valence-electron chi connectivity index (χ2n) is 7.35. The largest absolute Gasteiger partial charge is 0.328 e. The lowest BCUT2D eigenvalue weighted by Crippen LogP contribution is -2.37. The summed E-state index contributed by atoms with van der Waals surface area (Å²) in [4.78, 5) is 2.61. The summed E-state index contributed by atoms with van der Waals surface area (Å²) < 4.78 is 0. The first kappa shape index (κ1) is 15.0. The zero-order valence-electron chi connectivity index (χ0n) is 12.5. The van der Waals surface area contributed by atoms with Crippen molar-refractivity contribution in [1.82, 2.24) is 4.90 Å². The van der Waals surface area contributed by atoms with Gasteiger partial charge in [0.25, 0.3) is 0 Å². The Morgan fingerprint density at radius 2 is 1.82 bits per heavy atom. The van der Waals surface area contributed by atoms with Gasteiger partial charge in [0.05, 0.1) is 0 Å². The van der Waals surface area contributed by atoms with E-state index < -0.39 is 0 Å². The van der Waals surface area contributed by atoms with E-state index in [9.17, 15) is 0 Å². The third kappa shape index (κ3) is 7.05. The summed E-state index contributed by atoms with van der Waals surface area (Å²) in [6, 6.07) is 1.02. The SMILES string of the molecule is CC(C)N(CCC(N)CC(C)(C)C)CC1CC1. The molecule has 0 aromatic heterocycles. The van der Waals surface area contributed by atoms with Crippen molar-refractivity contribution in [1.29, 1.82) is 0 Å². The fourth-order valence-electron chi connectivity index (χ4n) is 2.41. The van der Waals surface area contributed by atoms with Crippen molar-refractivity contribution in [2.45, 2.75) is 72.4 Å². The van der Waals surface area contributed by atoms with Crippen LogP contribution < -0.4 is 5.73 Å². The van der Waals surface area contributed by atoms with Crippen molar-refractivity contribution in [3.05, 3.63) is 0 Å². The number of rotatable bonds is 7. The van der Waals surface area contributed by atoms with E-state index in [2.05, 4.69) is 39.5 Å². The molecule has 1 rings (SSSR count). The maximum absolute atomic E-state index is 6.23. The van der Waals surface area contributed by atoms with Gasteiger partial charge in [-0.15, -0.1) is 0 Å². The van der Waals surface area contributed by atoms with Gasteiger partial charge < -0.3 is 10.6 Å². The molecule has 0 saturated heterocycles. The van der Waals surface area contributed by atoms with Gasteiger partial charge in [-0.25, -0.2) is 0 Å². The van der Waals surface area contributed by atoms with Gasteiger partial charge in [-0.1, -0.05) is 20.8 Å². The fourth-order valence-corrected chi connectivity index (χ4v) is 2.41. The van der Waals surface area contributed by atoms with E-state index >= 15 is 0 Å². The van der Waals surface area contributed by atoms with Crippen LogP contribution in [-0.2, 0) is 0 Å². The van der Waals surface area contributed by atoms with E-state index in [4.69, 9.17) is 5.73 Å². The molecule has 0 bridgehead atoms. The average molecular weight is 240 g/mol. The van der Waals surface area contributed by atoms with Gasteiger partial charge in [0.15, 0.2) is 0 Å². The van der Waals surface area contributed by atoms with Crippen LogP contribution in [0.3, 0.4) is 0 Å². The zero-order chi connectivity index (χ0) is 13.1. The van der Waals surface area contributed by atoms with Gasteiger partial charge in [0, 0.05) is 18.6 Å². The Morgan fingerprint density at radius 3 is 2.24 bits per heavy atom. The molecule has 1 saturated carbocycles. The molecule has 1 fully saturated rings. The van der Waals surface area contributed by atoms with E-state index in [-0.39, 0.29) is 0 Å². The number of hydrogen-bond donors (Lipinski definition) is 1. The Kier molecular flexibility index (Phi) is 5.46. The van der Waals surface area contributed by atoms with Gasteiger partial charge in [0.2, 0.25) is 0 Å². The van der Waals surface area contributed by atoms with Gasteiger partial charge in [-0.2, -0.15) is 0 Å². The van der Waals surface area contributed by atoms with Crippen LogP contribution in [0.1, 0.15) is 60.3 Å². The summed E-state index contributed by atoms with van der Waals surface area (Å²) in [5.74, 6) is 0.983. The van der Waals surface area contributed by atoms with E-state index in [1.165, 1.54) is 25.9 Å². The summed E-state index contributed by atoms with van der Waals surface area (Å²) in [5, 5.41) is 0. The minimum absolute atomic E-state index is 0.357. The highest BCUT2D eigenvalue weighted by atomic mass is 15.1. The van der Waals surface area contributed by atoms with E-state index in [0.29, 0.717) is 17.5 Å². The van der Waals surface area contributed by atoms with Crippen molar-refractivity contribution in [3.8, 4) is 0 Å². The first-order valence-electron chi connectivity index (χ1n) is 7.27. The van der Waals surface area contributed by atoms with Crippen LogP contribution >= 0.6 is 0 Å². The molecule has 0 aromatic carbocycles. The highest BCUT2D eigenvalue weighted by Crippen LogP contribution is 2.30. The summed E-state index contributed by atoms with van der Waals surface area (Å²) in [6.07, 6.45) is 5.15. The fraction of sp³-hybridized carbons (Fsp3) is 1.00. The zero-order valence-corrected chi connectivity index (χ0v) is 12.5. The maximum Gasteiger partial charge on any atom is 0.00559 e. The highest BCUT2D eigenvalue weighted by molar-refractivity contribution is 4.80. The van der Waals surface area contributed by atoms with Crippen molar-refractivity contribution in [2.75, 3.05) is 13.1 Å². The Labute approximate surface area is 108 Å². The van der Waals surface area contributed by atoms with Crippen molar-refractivity contribution in [2.24, 2.45) is 17.1 Å². The molecular weight excluding hydrogens is 208 g/mol. The van der Waals surface area contributed by atoms with Crippen LogP contribution in [-0.4, -0.2) is 30.1 Å². The molecule has 2 nitrogen and oxygen atoms in total. The predicted octanol–water partition coefficient (Wildman–Crippen LogP) is 3.26. The second-order valence-corrected chi connectivity index (χ2v) is 7.35. The highest BCUT2D eigenvalue weighted by Gasteiger charge is 2.25. The summed E-state index contributed by atoms with van der Waals surface area (Å²) in [7, 11) is 0. The third-order valence-corrected chi connectivity index (χ3v) is 3.58. The number of hydrogen-bond acceptors (Lipinski definition) is 2. The molecule has 0 aromatic rings. The molecule has 0 radical (unpaired) electrons. The molecule has 0 amide bonds. The smallest absolute Gasteiger partial charge is 0.00559 e. The Bertz CT molecular complexity index is 213. The number of nitrogens with zero attached hydrogens (tertiary/aromatic N) is 1. The van der Waals surface area contributed by atoms with Gasteiger partial charge in [-0.05, 0) is 57.4 Å². The standard InChI is InChI=1S/C15H32N2/c1-12(2)17(11-13-6-7-13)9-8-14(16)10-15(3,4)5/h12-14H,6-11,16H2,1-5H3. The normalized spacial score (nSPS) is 19.1. The van der Waals surface area contributed by atoms with Crippen LogP contribution in [0.2, 0.25) is 0 Å². The van der Waals surface area contributed by atoms with Crippen molar-refractivity contribution < 1.29 is 0 Å². The Hall–Kier alpha value is -0.0800. The molecule has 0 spiro atoms. The van der Waals surface area contributed by atoms with Crippen LogP contribution in [0, 0.1) is 11.3 Å². The summed E-state index contributed by atoms with van der Waals surface area (Å²) >= 11 is 0. The number of nitrogens with two attached hydrogens (primary N) is 1. The molecule has 1 aliphatic rings. The molecule has 2 heteroatoms. The lowest BCUT2D eigenvalue weighted by molar-refractivity contribution is 0.197. The van der Waals surface area contributed by atoms with Crippen LogP contribution in [0.5, 0.6) is 0 Å². The van der Waals surface area contributed by atoms with Gasteiger partial charge in [-0.3, -0.25) is 0 Å². The molecule has 1 aliphatic carbocycles. The van der Waals surface area contributed by atoms with E-state index in [1.807, 2.05) is 0 Å². The molecule has 1 atom stereocenters. The molecule has 102 valence electrons. The predicted molar refractivity (Wildman–Crippen MR) is 76.1 cm³/mol. The maximum atomic E-state index is 6.23. The lowest BCUT2D eigenvalue weighted by Gasteiger charge is -2.29. The third-order valence-electron chi connectivity index (χ3n) is 3.58. The van der Waals surface area contributed by atoms with Crippen LogP contribution in [0.15, 0.2) is 0 Å². The molecule has 0 aliphatic heterocycles. The minimum Gasteiger partial charge on any atom is -0.328 e. The molecular formula is C15H32N2. The Balaban J connectivity index is 2.25. The topological polar surface area (TPSA) is 29.3 Å². The van der Waals surface area contributed by atoms with E-state index in [1.54, 1.807) is 0 Å². The first-order valence-corrected chi connectivity index (χ1v) is 7.27. The van der Waals surface area contributed by atoms with Gasteiger partial charge in [0.1, 0.15) is 0 Å². The first-order chi connectivity index (χ1) is 7.78. The second kappa shape index (κ2) is 6.19. The van der Waals surface area contributed by atoms with Gasteiger partial charge >= 0.3 is 0 Å². The van der Waals surface area contributed by atoms with Crippen LogP contribution in [0.25, 0.3) is 0 Å². The van der Waals surface area contributed by atoms with Crippen LogP contribution in [0.4, 0.5) is 0 Å². The monoisotopic (exact) mass is 240 g/mol. The van der Waals surface area contributed by atoms with Crippen molar-refractivity contribution >= 4 is 0 Å². The molecule has 0 heterocycles. The lowest BCUT2D eigenvalue weighted by atomic mass is 9.87. The van der Waals surface area contributed by atoms with E-state index in [0.717, 1.165) is 18.8 Å².